The van der Waals surface area contributed by atoms with Crippen LogP contribution in [0.3, 0.4) is 0 Å². The van der Waals surface area contributed by atoms with E-state index in [2.05, 4.69) is 5.32 Å². The Hall–Kier alpha value is -0.610. The molecule has 0 radical (unpaired) electrons. The quantitative estimate of drug-likeness (QED) is 0.622. The maximum absolute atomic E-state index is 11.4. The second kappa shape index (κ2) is 6.80. The lowest BCUT2D eigenvalue weighted by molar-refractivity contribution is -0.122. The van der Waals surface area contributed by atoms with Crippen LogP contribution in [0.2, 0.25) is 0 Å². The largest absolute Gasteiger partial charge is 0.394 e. The normalized spacial score (nSPS) is 19.9. The summed E-state index contributed by atoms with van der Waals surface area (Å²) in [4.78, 5) is 11.4. The van der Waals surface area contributed by atoms with Crippen molar-refractivity contribution in [3.05, 3.63) is 0 Å². The fourth-order valence-corrected chi connectivity index (χ4v) is 2.02. The van der Waals surface area contributed by atoms with E-state index in [1.54, 1.807) is 0 Å². The fourth-order valence-electron chi connectivity index (χ4n) is 2.02. The van der Waals surface area contributed by atoms with Gasteiger partial charge < -0.3 is 15.5 Å². The topological polar surface area (TPSA) is 69.6 Å². The molecule has 88 valence electrons. The number of hydrogen-bond donors (Lipinski definition) is 3. The third-order valence-electron chi connectivity index (χ3n) is 2.94. The molecule has 0 aromatic heterocycles. The van der Waals surface area contributed by atoms with Gasteiger partial charge in [0.2, 0.25) is 5.91 Å². The summed E-state index contributed by atoms with van der Waals surface area (Å²) in [6, 6.07) is 0. The van der Waals surface area contributed by atoms with Crippen LogP contribution in [0.5, 0.6) is 0 Å². The van der Waals surface area contributed by atoms with Crippen LogP contribution in [0.15, 0.2) is 0 Å². The predicted octanol–water partition coefficient (Wildman–Crippen LogP) is 0.426. The average Bonchev–Trinajstić information content (AvgIpc) is 2.27. The van der Waals surface area contributed by atoms with E-state index in [-0.39, 0.29) is 19.1 Å². The van der Waals surface area contributed by atoms with E-state index in [0.717, 1.165) is 12.8 Å². The number of hydrogen-bond acceptors (Lipinski definition) is 3. The maximum Gasteiger partial charge on any atom is 0.220 e. The van der Waals surface area contributed by atoms with Crippen molar-refractivity contribution in [1.82, 2.24) is 5.32 Å². The maximum atomic E-state index is 11.4. The molecule has 1 aliphatic rings. The molecule has 0 aromatic carbocycles. The molecule has 0 heterocycles. The Kier molecular flexibility index (Phi) is 5.65. The van der Waals surface area contributed by atoms with E-state index in [4.69, 9.17) is 10.2 Å². The Morgan fingerprint density at radius 2 is 2.00 bits per heavy atom. The van der Waals surface area contributed by atoms with Crippen LogP contribution >= 0.6 is 0 Å². The van der Waals surface area contributed by atoms with Crippen molar-refractivity contribution in [2.45, 2.75) is 44.6 Å². The van der Waals surface area contributed by atoms with E-state index >= 15 is 0 Å². The lowest BCUT2D eigenvalue weighted by Crippen LogP contribution is -2.34. The zero-order chi connectivity index (χ0) is 11.1. The number of carbonyl (C=O) groups excluding carboxylic acids is 1. The first kappa shape index (κ1) is 12.5. The summed E-state index contributed by atoms with van der Waals surface area (Å²) in [5, 5.41) is 20.2. The molecule has 1 aliphatic carbocycles. The van der Waals surface area contributed by atoms with Gasteiger partial charge in [0.25, 0.3) is 0 Å². The summed E-state index contributed by atoms with van der Waals surface area (Å²) in [6.45, 7) is -0.147. The Balaban J connectivity index is 2.11. The molecule has 0 saturated heterocycles. The Labute approximate surface area is 90.7 Å². The summed E-state index contributed by atoms with van der Waals surface area (Å²) in [7, 11) is 0. The minimum absolute atomic E-state index is 0.00519. The minimum Gasteiger partial charge on any atom is -0.394 e. The van der Waals surface area contributed by atoms with E-state index in [0.29, 0.717) is 12.3 Å². The predicted molar refractivity (Wildman–Crippen MR) is 57.3 cm³/mol. The smallest absolute Gasteiger partial charge is 0.220 e. The van der Waals surface area contributed by atoms with Crippen LogP contribution < -0.4 is 5.32 Å². The molecule has 0 aliphatic heterocycles. The van der Waals surface area contributed by atoms with Crippen LogP contribution in [0, 0.1) is 5.92 Å². The van der Waals surface area contributed by atoms with Gasteiger partial charge in [-0.3, -0.25) is 4.79 Å². The van der Waals surface area contributed by atoms with Gasteiger partial charge in [0, 0.05) is 13.0 Å². The molecule has 3 N–H and O–H groups in total. The van der Waals surface area contributed by atoms with Crippen molar-refractivity contribution in [3.63, 3.8) is 0 Å². The van der Waals surface area contributed by atoms with Crippen LogP contribution in [-0.4, -0.2) is 35.4 Å². The second-order valence-corrected chi connectivity index (χ2v) is 4.35. The first-order chi connectivity index (χ1) is 7.22. The van der Waals surface area contributed by atoms with E-state index < -0.39 is 6.10 Å². The molecule has 0 spiro atoms. The van der Waals surface area contributed by atoms with E-state index in [1.165, 1.54) is 19.3 Å². The minimum atomic E-state index is -0.833. The van der Waals surface area contributed by atoms with Crippen molar-refractivity contribution >= 4 is 5.91 Å². The van der Waals surface area contributed by atoms with Gasteiger partial charge in [0.15, 0.2) is 0 Å². The molecule has 1 atom stereocenters. The van der Waals surface area contributed by atoms with E-state index in [9.17, 15) is 4.79 Å². The van der Waals surface area contributed by atoms with Gasteiger partial charge in [-0.2, -0.15) is 0 Å². The van der Waals surface area contributed by atoms with Crippen LogP contribution in [0.25, 0.3) is 0 Å². The zero-order valence-corrected chi connectivity index (χ0v) is 9.11. The van der Waals surface area contributed by atoms with Crippen molar-refractivity contribution in [3.8, 4) is 0 Å². The van der Waals surface area contributed by atoms with E-state index in [1.807, 2.05) is 0 Å². The number of aliphatic hydroxyl groups excluding tert-OH is 2. The molecule has 4 nitrogen and oxygen atoms in total. The number of aliphatic hydroxyl groups is 2. The summed E-state index contributed by atoms with van der Waals surface area (Å²) in [5.74, 6) is 0.513. The van der Waals surface area contributed by atoms with Crippen molar-refractivity contribution in [2.24, 2.45) is 5.92 Å². The fraction of sp³-hybridized carbons (Fsp3) is 0.909. The number of carbonyl (C=O) groups is 1. The van der Waals surface area contributed by atoms with Gasteiger partial charge >= 0.3 is 0 Å². The van der Waals surface area contributed by atoms with Crippen molar-refractivity contribution in [1.29, 1.82) is 0 Å². The number of nitrogens with one attached hydrogen (secondary N) is 1. The average molecular weight is 215 g/mol. The summed E-state index contributed by atoms with van der Waals surface area (Å²) < 4.78 is 0. The molecule has 1 fully saturated rings. The van der Waals surface area contributed by atoms with Crippen molar-refractivity contribution in [2.75, 3.05) is 13.2 Å². The molecule has 1 unspecified atom stereocenters. The van der Waals surface area contributed by atoms with Gasteiger partial charge in [-0.1, -0.05) is 19.3 Å². The third-order valence-corrected chi connectivity index (χ3v) is 2.94. The molecule has 0 bridgehead atoms. The lowest BCUT2D eigenvalue weighted by Gasteiger charge is -2.21. The third kappa shape index (κ3) is 5.14. The van der Waals surface area contributed by atoms with Gasteiger partial charge in [0.1, 0.15) is 0 Å². The Bertz CT molecular complexity index is 190. The Morgan fingerprint density at radius 3 is 2.60 bits per heavy atom. The SMILES string of the molecule is O=C(CC1CCCCC1)NCC(O)CO. The van der Waals surface area contributed by atoms with Crippen LogP contribution in [-0.2, 0) is 4.79 Å². The lowest BCUT2D eigenvalue weighted by atomic mass is 9.87. The summed E-state index contributed by atoms with van der Waals surface area (Å²) in [5.41, 5.74) is 0. The first-order valence-corrected chi connectivity index (χ1v) is 5.78. The number of rotatable bonds is 5. The molecule has 1 amide bonds. The molecule has 0 aromatic rings. The highest BCUT2D eigenvalue weighted by Crippen LogP contribution is 2.25. The highest BCUT2D eigenvalue weighted by atomic mass is 16.3. The Morgan fingerprint density at radius 1 is 1.33 bits per heavy atom. The van der Waals surface area contributed by atoms with Gasteiger partial charge in [-0.05, 0) is 18.8 Å². The first-order valence-electron chi connectivity index (χ1n) is 5.78. The summed E-state index contributed by atoms with van der Waals surface area (Å²) >= 11 is 0. The monoisotopic (exact) mass is 215 g/mol. The summed E-state index contributed by atoms with van der Waals surface area (Å²) in [6.07, 6.45) is 5.79. The highest BCUT2D eigenvalue weighted by molar-refractivity contribution is 5.76. The zero-order valence-electron chi connectivity index (χ0n) is 9.11. The van der Waals surface area contributed by atoms with Gasteiger partial charge in [-0.25, -0.2) is 0 Å². The van der Waals surface area contributed by atoms with Crippen molar-refractivity contribution < 1.29 is 15.0 Å². The highest BCUT2D eigenvalue weighted by Gasteiger charge is 2.17. The standard InChI is InChI=1S/C11H21NO3/c13-8-10(14)7-12-11(15)6-9-4-2-1-3-5-9/h9-10,13-14H,1-8H2,(H,12,15). The van der Waals surface area contributed by atoms with Gasteiger partial charge in [0.05, 0.1) is 12.7 Å². The molecule has 1 rings (SSSR count). The second-order valence-electron chi connectivity index (χ2n) is 4.35. The molecule has 1 saturated carbocycles. The van der Waals surface area contributed by atoms with Crippen LogP contribution in [0.4, 0.5) is 0 Å². The number of amides is 1. The molecule has 4 heteroatoms. The van der Waals surface area contributed by atoms with Gasteiger partial charge in [-0.15, -0.1) is 0 Å². The molecular formula is C11H21NO3. The van der Waals surface area contributed by atoms with Crippen LogP contribution in [0.1, 0.15) is 38.5 Å². The molecular weight excluding hydrogens is 194 g/mol. The molecule has 15 heavy (non-hydrogen) atoms.